The predicted octanol–water partition coefficient (Wildman–Crippen LogP) is 2.66. The number of hydrogen-bond acceptors (Lipinski definition) is 4. The molecule has 98 valence electrons. The van der Waals surface area contributed by atoms with Gasteiger partial charge in [-0.15, -0.1) is 0 Å². The lowest BCUT2D eigenvalue weighted by Crippen LogP contribution is -2.19. The first-order valence-electron chi connectivity index (χ1n) is 5.28. The Kier molecular flexibility index (Phi) is 5.08. The standard InChI is InChI=1S/C11H13BrN2O4/c1-13(6-2-3-11(15)16)10-5-4-8(14(17)18)7-9(10)12/h4-5,7H,2-3,6H2,1H3,(H,15,16). The van der Waals surface area contributed by atoms with Crippen LogP contribution in [0.2, 0.25) is 0 Å². The summed E-state index contributed by atoms with van der Waals surface area (Å²) in [6.07, 6.45) is 0.629. The number of carboxylic acid groups (broad SMARTS) is 1. The number of nitrogens with zero attached hydrogens (tertiary/aromatic N) is 2. The molecule has 18 heavy (non-hydrogen) atoms. The van der Waals surface area contributed by atoms with Gasteiger partial charge in [0.25, 0.3) is 5.69 Å². The molecular weight excluding hydrogens is 304 g/mol. The number of halogens is 1. The number of nitro benzene ring substituents is 1. The Labute approximate surface area is 112 Å². The van der Waals surface area contributed by atoms with E-state index in [2.05, 4.69) is 15.9 Å². The molecule has 0 bridgehead atoms. The number of nitro groups is 1. The number of hydrogen-bond donors (Lipinski definition) is 1. The lowest BCUT2D eigenvalue weighted by atomic mass is 10.2. The third-order valence-corrected chi connectivity index (χ3v) is 3.07. The second-order valence-electron chi connectivity index (χ2n) is 3.81. The highest BCUT2D eigenvalue weighted by Crippen LogP contribution is 2.29. The fourth-order valence-electron chi connectivity index (χ4n) is 1.51. The van der Waals surface area contributed by atoms with Crippen molar-refractivity contribution in [3.8, 4) is 0 Å². The van der Waals surface area contributed by atoms with Gasteiger partial charge in [-0.3, -0.25) is 14.9 Å². The van der Waals surface area contributed by atoms with Crippen molar-refractivity contribution in [1.29, 1.82) is 0 Å². The SMILES string of the molecule is CN(CCCC(=O)O)c1ccc([N+](=O)[O-])cc1Br. The highest BCUT2D eigenvalue weighted by atomic mass is 79.9. The molecule has 1 aromatic carbocycles. The van der Waals surface area contributed by atoms with Gasteiger partial charge >= 0.3 is 5.97 Å². The summed E-state index contributed by atoms with van der Waals surface area (Å²) in [7, 11) is 1.81. The van der Waals surface area contributed by atoms with Crippen LogP contribution in [-0.4, -0.2) is 29.6 Å². The van der Waals surface area contributed by atoms with Gasteiger partial charge in [-0.2, -0.15) is 0 Å². The van der Waals surface area contributed by atoms with Crippen LogP contribution in [0.15, 0.2) is 22.7 Å². The van der Waals surface area contributed by atoms with Gasteiger partial charge in [0.1, 0.15) is 0 Å². The monoisotopic (exact) mass is 316 g/mol. The molecule has 1 N–H and O–H groups in total. The second-order valence-corrected chi connectivity index (χ2v) is 4.67. The van der Waals surface area contributed by atoms with E-state index in [1.54, 1.807) is 6.07 Å². The van der Waals surface area contributed by atoms with Gasteiger partial charge in [-0.1, -0.05) is 0 Å². The quantitative estimate of drug-likeness (QED) is 0.644. The van der Waals surface area contributed by atoms with Crippen LogP contribution in [0.5, 0.6) is 0 Å². The first-order chi connectivity index (χ1) is 8.41. The summed E-state index contributed by atoms with van der Waals surface area (Å²) in [6.45, 7) is 0.572. The first kappa shape index (κ1) is 14.4. The summed E-state index contributed by atoms with van der Waals surface area (Å²) in [5.74, 6) is -0.828. The van der Waals surface area contributed by atoms with E-state index in [1.807, 2.05) is 11.9 Å². The van der Waals surface area contributed by atoms with Gasteiger partial charge in [0, 0.05) is 36.6 Å². The Bertz CT molecular complexity index is 464. The molecule has 6 nitrogen and oxygen atoms in total. The van der Waals surface area contributed by atoms with Crippen LogP contribution in [0.4, 0.5) is 11.4 Å². The molecule has 0 amide bonds. The summed E-state index contributed by atoms with van der Waals surface area (Å²) in [5.41, 5.74) is 0.815. The molecule has 0 aliphatic carbocycles. The number of anilines is 1. The fourth-order valence-corrected chi connectivity index (χ4v) is 2.18. The van der Waals surface area contributed by atoms with Crippen LogP contribution in [-0.2, 0) is 4.79 Å². The smallest absolute Gasteiger partial charge is 0.303 e. The molecule has 0 fully saturated rings. The molecule has 0 aliphatic heterocycles. The predicted molar refractivity (Wildman–Crippen MR) is 70.9 cm³/mol. The van der Waals surface area contributed by atoms with Gasteiger partial charge < -0.3 is 10.0 Å². The van der Waals surface area contributed by atoms with E-state index in [9.17, 15) is 14.9 Å². The van der Waals surface area contributed by atoms with E-state index in [0.29, 0.717) is 17.4 Å². The highest BCUT2D eigenvalue weighted by molar-refractivity contribution is 9.10. The van der Waals surface area contributed by atoms with Crippen molar-refractivity contribution in [3.05, 3.63) is 32.8 Å². The number of carbonyl (C=O) groups is 1. The molecule has 0 spiro atoms. The molecule has 1 rings (SSSR count). The van der Waals surface area contributed by atoms with E-state index in [0.717, 1.165) is 5.69 Å². The van der Waals surface area contributed by atoms with E-state index < -0.39 is 10.9 Å². The van der Waals surface area contributed by atoms with Crippen LogP contribution < -0.4 is 4.90 Å². The minimum atomic E-state index is -0.828. The molecule has 7 heteroatoms. The lowest BCUT2D eigenvalue weighted by molar-refractivity contribution is -0.384. The number of benzene rings is 1. The molecule has 0 atom stereocenters. The zero-order chi connectivity index (χ0) is 13.7. The maximum atomic E-state index is 10.6. The van der Waals surface area contributed by atoms with Crippen molar-refractivity contribution in [2.24, 2.45) is 0 Å². The Hall–Kier alpha value is -1.63. The molecule has 0 aliphatic rings. The van der Waals surface area contributed by atoms with Crippen LogP contribution in [0.3, 0.4) is 0 Å². The van der Waals surface area contributed by atoms with Crippen molar-refractivity contribution < 1.29 is 14.8 Å². The summed E-state index contributed by atoms with van der Waals surface area (Å²) < 4.78 is 0.620. The third kappa shape index (κ3) is 3.99. The van der Waals surface area contributed by atoms with Gasteiger partial charge in [0.15, 0.2) is 0 Å². The average molecular weight is 317 g/mol. The summed E-state index contributed by atoms with van der Waals surface area (Å²) >= 11 is 3.27. The molecule has 1 aromatic rings. The highest BCUT2D eigenvalue weighted by Gasteiger charge is 2.12. The maximum absolute atomic E-state index is 10.6. The first-order valence-corrected chi connectivity index (χ1v) is 6.08. The molecule has 0 saturated carbocycles. The van der Waals surface area contributed by atoms with Crippen molar-refractivity contribution in [1.82, 2.24) is 0 Å². The van der Waals surface area contributed by atoms with E-state index in [4.69, 9.17) is 5.11 Å². The number of rotatable bonds is 6. The van der Waals surface area contributed by atoms with Gasteiger partial charge in [-0.25, -0.2) is 0 Å². The summed E-state index contributed by atoms with van der Waals surface area (Å²) in [5, 5.41) is 19.1. The molecule has 0 aromatic heterocycles. The van der Waals surface area contributed by atoms with Gasteiger partial charge in [0.2, 0.25) is 0 Å². The van der Waals surface area contributed by atoms with Crippen LogP contribution >= 0.6 is 15.9 Å². The van der Waals surface area contributed by atoms with Crippen molar-refractivity contribution in [2.45, 2.75) is 12.8 Å². The molecule has 0 radical (unpaired) electrons. The normalized spacial score (nSPS) is 10.1. The zero-order valence-electron chi connectivity index (χ0n) is 9.80. The number of aliphatic carboxylic acids is 1. The molecular formula is C11H13BrN2O4. The Morgan fingerprint density at radius 1 is 1.56 bits per heavy atom. The van der Waals surface area contributed by atoms with Crippen LogP contribution in [0.25, 0.3) is 0 Å². The largest absolute Gasteiger partial charge is 0.481 e. The average Bonchev–Trinajstić information content (AvgIpc) is 2.27. The van der Waals surface area contributed by atoms with Crippen molar-refractivity contribution >= 4 is 33.3 Å². The minimum Gasteiger partial charge on any atom is -0.481 e. The summed E-state index contributed by atoms with van der Waals surface area (Å²) in [6, 6.07) is 4.50. The van der Waals surface area contributed by atoms with E-state index in [1.165, 1.54) is 12.1 Å². The maximum Gasteiger partial charge on any atom is 0.303 e. The Morgan fingerprint density at radius 2 is 2.22 bits per heavy atom. The Balaban J connectivity index is 2.71. The van der Waals surface area contributed by atoms with E-state index in [-0.39, 0.29) is 12.1 Å². The Morgan fingerprint density at radius 3 is 2.72 bits per heavy atom. The second kappa shape index (κ2) is 6.34. The lowest BCUT2D eigenvalue weighted by Gasteiger charge is -2.20. The molecule has 0 unspecified atom stereocenters. The number of non-ortho nitro benzene ring substituents is 1. The fraction of sp³-hybridized carbons (Fsp3) is 0.364. The molecule has 0 heterocycles. The number of carboxylic acids is 1. The third-order valence-electron chi connectivity index (χ3n) is 2.44. The minimum absolute atomic E-state index is 0.0181. The van der Waals surface area contributed by atoms with Crippen molar-refractivity contribution in [3.63, 3.8) is 0 Å². The van der Waals surface area contributed by atoms with Crippen LogP contribution in [0, 0.1) is 10.1 Å². The topological polar surface area (TPSA) is 83.7 Å². The van der Waals surface area contributed by atoms with E-state index >= 15 is 0 Å². The van der Waals surface area contributed by atoms with Crippen molar-refractivity contribution in [2.75, 3.05) is 18.5 Å². The molecule has 0 saturated heterocycles. The van der Waals surface area contributed by atoms with Crippen LogP contribution in [0.1, 0.15) is 12.8 Å². The zero-order valence-corrected chi connectivity index (χ0v) is 11.4. The van der Waals surface area contributed by atoms with Gasteiger partial charge in [-0.05, 0) is 28.4 Å². The van der Waals surface area contributed by atoms with Gasteiger partial charge in [0.05, 0.1) is 10.6 Å². The summed E-state index contributed by atoms with van der Waals surface area (Å²) in [4.78, 5) is 22.4.